The highest BCUT2D eigenvalue weighted by atomic mass is 16.5. The lowest BCUT2D eigenvalue weighted by atomic mass is 9.80. The molecule has 0 spiro atoms. The molecule has 0 radical (unpaired) electrons. The van der Waals surface area contributed by atoms with E-state index in [9.17, 15) is 0 Å². The molecule has 2 rings (SSSR count). The van der Waals surface area contributed by atoms with E-state index in [0.29, 0.717) is 6.04 Å². The van der Waals surface area contributed by atoms with Crippen LogP contribution in [0.15, 0.2) is 18.2 Å². The van der Waals surface area contributed by atoms with Crippen molar-refractivity contribution >= 4 is 0 Å². The van der Waals surface area contributed by atoms with Gasteiger partial charge in [-0.1, -0.05) is 26.8 Å². The second-order valence-electron chi connectivity index (χ2n) is 6.11. The van der Waals surface area contributed by atoms with Gasteiger partial charge in [-0.2, -0.15) is 0 Å². The molecule has 18 heavy (non-hydrogen) atoms. The van der Waals surface area contributed by atoms with E-state index in [1.54, 1.807) is 0 Å². The van der Waals surface area contributed by atoms with Crippen LogP contribution in [0.25, 0.3) is 0 Å². The van der Waals surface area contributed by atoms with Crippen molar-refractivity contribution in [2.75, 3.05) is 20.7 Å². The first-order valence-electron chi connectivity index (χ1n) is 6.89. The van der Waals surface area contributed by atoms with Crippen molar-refractivity contribution in [3.63, 3.8) is 0 Å². The molecule has 0 fully saturated rings. The molecule has 1 aromatic carbocycles. The Hall–Kier alpha value is -1.02. The molecular formula is C16H25NO. The maximum Gasteiger partial charge on any atom is 0.124 e. The first-order chi connectivity index (χ1) is 8.45. The summed E-state index contributed by atoms with van der Waals surface area (Å²) in [6.45, 7) is 7.69. The lowest BCUT2D eigenvalue weighted by Gasteiger charge is -2.33. The van der Waals surface area contributed by atoms with Crippen molar-refractivity contribution in [1.29, 1.82) is 0 Å². The summed E-state index contributed by atoms with van der Waals surface area (Å²) in [5.74, 6) is 1.07. The van der Waals surface area contributed by atoms with Gasteiger partial charge in [0, 0.05) is 18.0 Å². The van der Waals surface area contributed by atoms with Crippen molar-refractivity contribution in [1.82, 2.24) is 4.90 Å². The van der Waals surface area contributed by atoms with E-state index < -0.39 is 0 Å². The predicted molar refractivity (Wildman–Crippen MR) is 76.3 cm³/mol. The minimum Gasteiger partial charge on any atom is -0.493 e. The highest BCUT2D eigenvalue weighted by Crippen LogP contribution is 2.38. The second-order valence-corrected chi connectivity index (χ2v) is 6.11. The Morgan fingerprint density at radius 1 is 1.33 bits per heavy atom. The molecule has 100 valence electrons. The van der Waals surface area contributed by atoms with Gasteiger partial charge in [0.1, 0.15) is 5.75 Å². The lowest BCUT2D eigenvalue weighted by Crippen LogP contribution is -2.27. The Balaban J connectivity index is 2.43. The quantitative estimate of drug-likeness (QED) is 0.806. The van der Waals surface area contributed by atoms with Crippen molar-refractivity contribution in [3.8, 4) is 5.75 Å². The first-order valence-corrected chi connectivity index (χ1v) is 6.89. The van der Waals surface area contributed by atoms with Gasteiger partial charge in [0.15, 0.2) is 0 Å². The van der Waals surface area contributed by atoms with Crippen LogP contribution in [0, 0.1) is 0 Å². The molecular weight excluding hydrogens is 222 g/mol. The third-order valence-corrected chi connectivity index (χ3v) is 4.31. The third-order valence-electron chi connectivity index (χ3n) is 4.31. The summed E-state index contributed by atoms with van der Waals surface area (Å²) >= 11 is 0. The number of ether oxygens (including phenoxy) is 1. The van der Waals surface area contributed by atoms with E-state index in [2.05, 4.69) is 58.0 Å². The standard InChI is InChI=1S/C16H25NO/c1-6-16(2,3)12-7-8-15-13(11-12)14(17(4)5)9-10-18-15/h7-8,11,14H,6,9-10H2,1-5H3. The van der Waals surface area contributed by atoms with Gasteiger partial charge in [0.25, 0.3) is 0 Å². The molecule has 1 aliphatic heterocycles. The Bertz CT molecular complexity index is 423. The van der Waals surface area contributed by atoms with Crippen LogP contribution in [0.5, 0.6) is 5.75 Å². The predicted octanol–water partition coefficient (Wildman–Crippen LogP) is 3.76. The normalized spacial score (nSPS) is 19.6. The van der Waals surface area contributed by atoms with E-state index in [-0.39, 0.29) is 5.41 Å². The molecule has 2 nitrogen and oxygen atoms in total. The Morgan fingerprint density at radius 3 is 2.67 bits per heavy atom. The molecule has 1 heterocycles. The monoisotopic (exact) mass is 247 g/mol. The summed E-state index contributed by atoms with van der Waals surface area (Å²) in [4.78, 5) is 2.30. The smallest absolute Gasteiger partial charge is 0.124 e. The van der Waals surface area contributed by atoms with Gasteiger partial charge in [0.05, 0.1) is 6.61 Å². The molecule has 2 heteroatoms. The molecule has 1 aromatic rings. The Labute approximate surface area is 111 Å². The summed E-state index contributed by atoms with van der Waals surface area (Å²) in [5, 5.41) is 0. The van der Waals surface area contributed by atoms with Gasteiger partial charge < -0.3 is 9.64 Å². The number of benzene rings is 1. The van der Waals surface area contributed by atoms with Gasteiger partial charge in [-0.15, -0.1) is 0 Å². The van der Waals surface area contributed by atoms with E-state index in [1.165, 1.54) is 11.1 Å². The van der Waals surface area contributed by atoms with E-state index >= 15 is 0 Å². The first kappa shape index (κ1) is 13.4. The number of fused-ring (bicyclic) bond motifs is 1. The zero-order chi connectivity index (χ0) is 13.3. The fourth-order valence-corrected chi connectivity index (χ4v) is 2.54. The van der Waals surface area contributed by atoms with Crippen LogP contribution >= 0.6 is 0 Å². The molecule has 1 aliphatic rings. The number of nitrogens with zero attached hydrogens (tertiary/aromatic N) is 1. The largest absolute Gasteiger partial charge is 0.493 e. The van der Waals surface area contributed by atoms with Crippen LogP contribution in [0.4, 0.5) is 0 Å². The van der Waals surface area contributed by atoms with E-state index in [4.69, 9.17) is 4.74 Å². The Kier molecular flexibility index (Phi) is 3.67. The van der Waals surface area contributed by atoms with E-state index in [0.717, 1.165) is 25.2 Å². The van der Waals surface area contributed by atoms with Crippen molar-refractivity contribution in [2.45, 2.75) is 45.1 Å². The zero-order valence-corrected chi connectivity index (χ0v) is 12.3. The molecule has 0 bridgehead atoms. The van der Waals surface area contributed by atoms with Crippen LogP contribution in [0.1, 0.15) is 50.8 Å². The summed E-state index contributed by atoms with van der Waals surface area (Å²) < 4.78 is 5.78. The lowest BCUT2D eigenvalue weighted by molar-refractivity contribution is 0.189. The maximum absolute atomic E-state index is 5.78. The average Bonchev–Trinajstić information content (AvgIpc) is 2.37. The van der Waals surface area contributed by atoms with Gasteiger partial charge >= 0.3 is 0 Å². The SMILES string of the molecule is CCC(C)(C)c1ccc2c(c1)C(N(C)C)CCO2. The summed E-state index contributed by atoms with van der Waals surface area (Å²) in [6, 6.07) is 7.21. The van der Waals surface area contributed by atoms with Crippen LogP contribution < -0.4 is 4.74 Å². The van der Waals surface area contributed by atoms with Crippen molar-refractivity contribution < 1.29 is 4.74 Å². The van der Waals surface area contributed by atoms with Crippen molar-refractivity contribution in [3.05, 3.63) is 29.3 Å². The topological polar surface area (TPSA) is 12.5 Å². The zero-order valence-electron chi connectivity index (χ0n) is 12.3. The van der Waals surface area contributed by atoms with Crippen LogP contribution in [0.2, 0.25) is 0 Å². The molecule has 0 amide bonds. The van der Waals surface area contributed by atoms with Crippen LogP contribution in [0.3, 0.4) is 0 Å². The van der Waals surface area contributed by atoms with E-state index in [1.807, 2.05) is 0 Å². The molecule has 0 saturated carbocycles. The van der Waals surface area contributed by atoms with Crippen molar-refractivity contribution in [2.24, 2.45) is 0 Å². The molecule has 0 N–H and O–H groups in total. The number of rotatable bonds is 3. The van der Waals surface area contributed by atoms with Gasteiger partial charge in [-0.25, -0.2) is 0 Å². The second kappa shape index (κ2) is 4.93. The molecule has 1 atom stereocenters. The molecule has 0 aromatic heterocycles. The minimum atomic E-state index is 0.239. The maximum atomic E-state index is 5.78. The third kappa shape index (κ3) is 2.39. The minimum absolute atomic E-state index is 0.239. The summed E-state index contributed by atoms with van der Waals surface area (Å²) in [6.07, 6.45) is 2.23. The highest BCUT2D eigenvalue weighted by Gasteiger charge is 2.26. The van der Waals surface area contributed by atoms with Crippen LogP contribution in [-0.4, -0.2) is 25.6 Å². The summed E-state index contributed by atoms with van der Waals surface area (Å²) in [5.41, 5.74) is 3.01. The fourth-order valence-electron chi connectivity index (χ4n) is 2.54. The van der Waals surface area contributed by atoms with Gasteiger partial charge in [-0.3, -0.25) is 0 Å². The van der Waals surface area contributed by atoms with Crippen LogP contribution in [-0.2, 0) is 5.41 Å². The number of hydrogen-bond acceptors (Lipinski definition) is 2. The summed E-state index contributed by atoms with van der Waals surface area (Å²) in [7, 11) is 4.30. The number of hydrogen-bond donors (Lipinski definition) is 0. The fraction of sp³-hybridized carbons (Fsp3) is 0.625. The Morgan fingerprint density at radius 2 is 2.06 bits per heavy atom. The molecule has 0 aliphatic carbocycles. The van der Waals surface area contributed by atoms with Gasteiger partial charge in [0.2, 0.25) is 0 Å². The molecule has 1 unspecified atom stereocenters. The molecule has 0 saturated heterocycles. The van der Waals surface area contributed by atoms with Gasteiger partial charge in [-0.05, 0) is 43.6 Å². The highest BCUT2D eigenvalue weighted by molar-refractivity contribution is 5.42. The average molecular weight is 247 g/mol.